The zero-order valence-electron chi connectivity index (χ0n) is 15.6. The predicted octanol–water partition coefficient (Wildman–Crippen LogP) is 3.73. The molecule has 1 atom stereocenters. The minimum Gasteiger partial charge on any atom is -0.497 e. The summed E-state index contributed by atoms with van der Waals surface area (Å²) in [6.07, 6.45) is 0. The van der Waals surface area contributed by atoms with Gasteiger partial charge in [-0.05, 0) is 30.7 Å². The molecule has 28 heavy (non-hydrogen) atoms. The van der Waals surface area contributed by atoms with E-state index in [1.807, 2.05) is 24.3 Å². The summed E-state index contributed by atoms with van der Waals surface area (Å²) in [7, 11) is 3.07. The van der Waals surface area contributed by atoms with Crippen molar-refractivity contribution in [2.24, 2.45) is 0 Å². The van der Waals surface area contributed by atoms with Crippen LogP contribution in [0.4, 0.5) is 10.5 Å². The largest absolute Gasteiger partial charge is 0.497 e. The van der Waals surface area contributed by atoms with Crippen molar-refractivity contribution in [3.63, 3.8) is 0 Å². The van der Waals surface area contributed by atoms with Gasteiger partial charge in [0, 0.05) is 16.2 Å². The number of rotatable bonds is 5. The predicted molar refractivity (Wildman–Crippen MR) is 109 cm³/mol. The molecule has 3 amide bonds. The average molecular weight is 446 g/mol. The molecule has 146 valence electrons. The lowest BCUT2D eigenvalue weighted by Gasteiger charge is -2.29. The smallest absolute Gasteiger partial charge is 0.319 e. The number of hydrogen-bond donors (Lipinski definition) is 3. The second kappa shape index (κ2) is 8.35. The lowest BCUT2D eigenvalue weighted by Crippen LogP contribution is -2.46. The van der Waals surface area contributed by atoms with Crippen molar-refractivity contribution in [2.45, 2.75) is 13.0 Å². The number of allylic oxidation sites excluding steroid dienone is 1. The number of urea groups is 1. The molecule has 0 aromatic heterocycles. The Morgan fingerprint density at radius 2 is 1.89 bits per heavy atom. The normalized spacial score (nSPS) is 16.1. The van der Waals surface area contributed by atoms with Gasteiger partial charge in [0.15, 0.2) is 0 Å². The molecule has 1 heterocycles. The zero-order valence-corrected chi connectivity index (χ0v) is 17.2. The Morgan fingerprint density at radius 3 is 2.57 bits per heavy atom. The van der Waals surface area contributed by atoms with E-state index in [-0.39, 0.29) is 11.9 Å². The van der Waals surface area contributed by atoms with Crippen LogP contribution in [-0.4, -0.2) is 26.2 Å². The highest BCUT2D eigenvalue weighted by atomic mass is 79.9. The van der Waals surface area contributed by atoms with Gasteiger partial charge in [-0.2, -0.15) is 0 Å². The van der Waals surface area contributed by atoms with Gasteiger partial charge in [-0.15, -0.1) is 0 Å². The molecule has 0 saturated heterocycles. The van der Waals surface area contributed by atoms with Crippen molar-refractivity contribution in [1.29, 1.82) is 0 Å². The molecule has 3 N–H and O–H groups in total. The molecule has 0 aliphatic carbocycles. The minimum atomic E-state index is -0.610. The van der Waals surface area contributed by atoms with E-state index in [0.717, 1.165) is 10.0 Å². The Bertz CT molecular complexity index is 958. The lowest BCUT2D eigenvalue weighted by molar-refractivity contribution is -0.113. The number of anilines is 1. The van der Waals surface area contributed by atoms with E-state index in [1.165, 1.54) is 7.11 Å². The van der Waals surface area contributed by atoms with E-state index < -0.39 is 6.04 Å². The van der Waals surface area contributed by atoms with Gasteiger partial charge in [0.1, 0.15) is 11.5 Å². The van der Waals surface area contributed by atoms with Crippen LogP contribution < -0.4 is 25.4 Å². The molecular formula is C20H20BrN3O4. The van der Waals surface area contributed by atoms with Crippen LogP contribution in [-0.2, 0) is 4.79 Å². The summed E-state index contributed by atoms with van der Waals surface area (Å²) >= 11 is 3.49. The van der Waals surface area contributed by atoms with Crippen LogP contribution in [0.3, 0.4) is 0 Å². The van der Waals surface area contributed by atoms with Crippen molar-refractivity contribution in [2.75, 3.05) is 19.5 Å². The molecule has 1 aliphatic heterocycles. The molecule has 8 heteroatoms. The second-order valence-electron chi connectivity index (χ2n) is 6.11. The van der Waals surface area contributed by atoms with Crippen molar-refractivity contribution in [3.05, 3.63) is 63.8 Å². The Kier molecular flexibility index (Phi) is 5.89. The summed E-state index contributed by atoms with van der Waals surface area (Å²) in [5.74, 6) is 0.717. The Balaban J connectivity index is 2.00. The highest BCUT2D eigenvalue weighted by molar-refractivity contribution is 9.10. The van der Waals surface area contributed by atoms with Gasteiger partial charge in [-0.3, -0.25) is 4.79 Å². The zero-order chi connectivity index (χ0) is 20.3. The van der Waals surface area contributed by atoms with Gasteiger partial charge >= 0.3 is 6.03 Å². The van der Waals surface area contributed by atoms with E-state index in [9.17, 15) is 9.59 Å². The van der Waals surface area contributed by atoms with Crippen LogP contribution in [0.25, 0.3) is 0 Å². The summed E-state index contributed by atoms with van der Waals surface area (Å²) in [6.45, 7) is 1.69. The number of ether oxygens (including phenoxy) is 2. The Morgan fingerprint density at radius 1 is 1.14 bits per heavy atom. The number of carbonyl (C=O) groups excluding carboxylic acids is 2. The van der Waals surface area contributed by atoms with E-state index in [4.69, 9.17) is 9.47 Å². The van der Waals surface area contributed by atoms with Gasteiger partial charge in [0.05, 0.1) is 31.5 Å². The summed E-state index contributed by atoms with van der Waals surface area (Å²) in [5, 5.41) is 8.34. The van der Waals surface area contributed by atoms with Crippen LogP contribution in [0, 0.1) is 0 Å². The fourth-order valence-electron chi connectivity index (χ4n) is 3.04. The highest BCUT2D eigenvalue weighted by Crippen LogP contribution is 2.34. The fraction of sp³-hybridized carbons (Fsp3) is 0.200. The number of nitrogens with one attached hydrogen (secondary N) is 3. The number of benzene rings is 2. The van der Waals surface area contributed by atoms with E-state index in [1.54, 1.807) is 32.2 Å². The molecule has 0 saturated carbocycles. The molecule has 1 unspecified atom stereocenters. The number of halogens is 1. The first-order valence-corrected chi connectivity index (χ1v) is 9.30. The van der Waals surface area contributed by atoms with Gasteiger partial charge < -0.3 is 25.4 Å². The van der Waals surface area contributed by atoms with Gasteiger partial charge in [-0.25, -0.2) is 4.79 Å². The van der Waals surface area contributed by atoms with Crippen molar-refractivity contribution in [3.8, 4) is 11.5 Å². The minimum absolute atomic E-state index is 0.364. The third-order valence-corrected chi connectivity index (χ3v) is 5.11. The van der Waals surface area contributed by atoms with Gasteiger partial charge in [0.2, 0.25) is 0 Å². The van der Waals surface area contributed by atoms with Crippen LogP contribution in [0.1, 0.15) is 18.5 Å². The van der Waals surface area contributed by atoms with Crippen LogP contribution in [0.15, 0.2) is 58.2 Å². The van der Waals surface area contributed by atoms with E-state index >= 15 is 0 Å². The maximum atomic E-state index is 13.2. The third-order valence-electron chi connectivity index (χ3n) is 4.38. The topological polar surface area (TPSA) is 88.7 Å². The van der Waals surface area contributed by atoms with Crippen molar-refractivity contribution in [1.82, 2.24) is 10.6 Å². The fourth-order valence-corrected chi connectivity index (χ4v) is 3.55. The summed E-state index contributed by atoms with van der Waals surface area (Å²) < 4.78 is 11.3. The molecular weight excluding hydrogens is 426 g/mol. The number of methoxy groups -OCH3 is 2. The van der Waals surface area contributed by atoms with E-state index in [2.05, 4.69) is 31.9 Å². The molecule has 0 fully saturated rings. The van der Waals surface area contributed by atoms with Crippen molar-refractivity contribution < 1.29 is 19.1 Å². The first-order valence-electron chi connectivity index (χ1n) is 8.50. The highest BCUT2D eigenvalue weighted by Gasteiger charge is 2.32. The molecule has 0 radical (unpaired) electrons. The van der Waals surface area contributed by atoms with Crippen LogP contribution in [0.2, 0.25) is 0 Å². The molecule has 7 nitrogen and oxygen atoms in total. The molecule has 3 rings (SSSR count). The Labute approximate surface area is 171 Å². The Hall–Kier alpha value is -3.00. The molecule has 1 aliphatic rings. The first kappa shape index (κ1) is 19.8. The quantitative estimate of drug-likeness (QED) is 0.653. The average Bonchev–Trinajstić information content (AvgIpc) is 2.67. The molecule has 0 bridgehead atoms. The van der Waals surface area contributed by atoms with Crippen LogP contribution >= 0.6 is 15.9 Å². The molecule has 0 spiro atoms. The van der Waals surface area contributed by atoms with Crippen LogP contribution in [0.5, 0.6) is 11.5 Å². The second-order valence-corrected chi connectivity index (χ2v) is 6.97. The maximum Gasteiger partial charge on any atom is 0.319 e. The van der Waals surface area contributed by atoms with E-state index in [0.29, 0.717) is 28.5 Å². The standard InChI is InChI=1S/C20H20BrN3O4/c1-11-17(18(24-20(26)22-11)13-6-4-5-7-14(13)21)19(25)23-15-10-12(27-2)8-9-16(15)28-3/h4-10,18H,1-3H3,(H,23,25)(H2,22,24,26). The van der Waals surface area contributed by atoms with Gasteiger partial charge in [0.25, 0.3) is 5.91 Å². The van der Waals surface area contributed by atoms with Crippen molar-refractivity contribution >= 4 is 33.6 Å². The SMILES string of the molecule is COc1ccc(OC)c(NC(=O)C2=C(C)NC(=O)NC2c2ccccc2Br)c1. The lowest BCUT2D eigenvalue weighted by atomic mass is 9.95. The monoisotopic (exact) mass is 445 g/mol. The number of hydrogen-bond acceptors (Lipinski definition) is 4. The van der Waals surface area contributed by atoms with Gasteiger partial charge in [-0.1, -0.05) is 34.1 Å². The first-order chi connectivity index (χ1) is 13.4. The summed E-state index contributed by atoms with van der Waals surface area (Å²) in [5.41, 5.74) is 2.12. The molecule has 2 aromatic rings. The number of amides is 3. The third kappa shape index (κ3) is 3.96. The molecule has 2 aromatic carbocycles. The number of carbonyl (C=O) groups is 2. The summed E-state index contributed by atoms with van der Waals surface area (Å²) in [6, 6.07) is 11.6. The summed E-state index contributed by atoms with van der Waals surface area (Å²) in [4.78, 5) is 25.2. The maximum absolute atomic E-state index is 13.2.